The summed E-state index contributed by atoms with van der Waals surface area (Å²) in [6.45, 7) is 0. The fourth-order valence-electron chi connectivity index (χ4n) is 6.54. The van der Waals surface area contributed by atoms with Gasteiger partial charge in [-0.25, -0.2) is 22.5 Å². The summed E-state index contributed by atoms with van der Waals surface area (Å²) in [4.78, 5) is 7.28. The first kappa shape index (κ1) is 31.7. The van der Waals surface area contributed by atoms with Gasteiger partial charge in [-0.2, -0.15) is 0 Å². The molecule has 0 fully saturated rings. The number of benzene rings is 7. The van der Waals surface area contributed by atoms with Crippen LogP contribution in [0.2, 0.25) is 0 Å². The second-order valence-corrected chi connectivity index (χ2v) is 12.2. The first-order chi connectivity index (χ1) is 24.9. The van der Waals surface area contributed by atoms with E-state index in [1.807, 2.05) is 108 Å². The quantitative estimate of drug-likeness (QED) is 0.157. The van der Waals surface area contributed by atoms with Crippen molar-refractivity contribution in [3.63, 3.8) is 0 Å². The number of para-hydroxylation sites is 1. The van der Waals surface area contributed by atoms with E-state index in [2.05, 4.69) is 18.2 Å². The predicted octanol–water partition coefficient (Wildman–Crippen LogP) is 12.9. The van der Waals surface area contributed by atoms with Gasteiger partial charge in [0.2, 0.25) is 0 Å². The van der Waals surface area contributed by atoms with Gasteiger partial charge in [-0.05, 0) is 94.0 Å². The molecule has 0 aliphatic rings. The lowest BCUT2D eigenvalue weighted by molar-refractivity contribution is 0.583. The molecule has 8 aromatic rings. The molecule has 8 rings (SSSR count). The Hall–Kier alpha value is -6.53. The summed E-state index contributed by atoms with van der Waals surface area (Å²) in [6.07, 6.45) is 0. The fourth-order valence-corrected chi connectivity index (χ4v) is 6.54. The van der Waals surface area contributed by atoms with Crippen LogP contribution in [0.25, 0.3) is 55.5 Å². The Balaban J connectivity index is 1.40. The largest absolute Gasteiger partial charge is 0.308 e. The van der Waals surface area contributed by atoms with Crippen LogP contribution in [0.1, 0.15) is 0 Å². The van der Waals surface area contributed by atoms with E-state index in [0.29, 0.717) is 39.1 Å². The highest BCUT2D eigenvalue weighted by Gasteiger charge is 2.21. The summed E-state index contributed by atoms with van der Waals surface area (Å²) in [6, 6.07) is 49.8. The van der Waals surface area contributed by atoms with Gasteiger partial charge < -0.3 is 4.90 Å². The van der Waals surface area contributed by atoms with Crippen molar-refractivity contribution >= 4 is 28.0 Å². The highest BCUT2D eigenvalue weighted by atomic mass is 19.1. The molecular weight excluding hydrogens is 645 g/mol. The molecule has 1 aromatic heterocycles. The molecule has 0 aliphatic carbocycles. The van der Waals surface area contributed by atoms with Crippen molar-refractivity contribution in [3.8, 4) is 44.6 Å². The molecule has 7 aromatic carbocycles. The van der Waals surface area contributed by atoms with Crippen LogP contribution in [0.5, 0.6) is 0 Å². The van der Waals surface area contributed by atoms with Gasteiger partial charge in [0.25, 0.3) is 0 Å². The summed E-state index contributed by atoms with van der Waals surface area (Å²) < 4.78 is 57.5. The van der Waals surface area contributed by atoms with E-state index in [9.17, 15) is 17.6 Å². The van der Waals surface area contributed by atoms with Crippen LogP contribution in [-0.2, 0) is 0 Å². The molecule has 51 heavy (non-hydrogen) atoms. The third-order valence-electron chi connectivity index (χ3n) is 8.81. The zero-order chi connectivity index (χ0) is 34.9. The van der Waals surface area contributed by atoms with Gasteiger partial charge in [-0.15, -0.1) is 0 Å². The molecule has 0 atom stereocenters. The van der Waals surface area contributed by atoms with Crippen molar-refractivity contribution < 1.29 is 17.6 Å². The molecule has 0 aliphatic heterocycles. The molecule has 0 unspecified atom stereocenters. The first-order valence-electron chi connectivity index (χ1n) is 16.4. The average Bonchev–Trinajstić information content (AvgIpc) is 3.15. The summed E-state index contributed by atoms with van der Waals surface area (Å²) in [5.41, 5.74) is 8.51. The molecule has 246 valence electrons. The Kier molecular flexibility index (Phi) is 8.34. The van der Waals surface area contributed by atoms with E-state index < -0.39 is 23.3 Å². The smallest absolute Gasteiger partial charge is 0.126 e. The number of halogens is 4. The molecule has 0 saturated heterocycles. The van der Waals surface area contributed by atoms with Gasteiger partial charge in [0, 0.05) is 34.5 Å². The van der Waals surface area contributed by atoms with Gasteiger partial charge in [0.05, 0.1) is 16.9 Å². The Morgan fingerprint density at radius 1 is 0.373 bits per heavy atom. The zero-order valence-corrected chi connectivity index (χ0v) is 27.1. The number of anilines is 3. The lowest BCUT2D eigenvalue weighted by Crippen LogP contribution is -2.11. The van der Waals surface area contributed by atoms with Crippen LogP contribution in [0, 0.1) is 23.3 Å². The molecule has 0 saturated carbocycles. The minimum Gasteiger partial charge on any atom is -0.308 e. The normalized spacial score (nSPS) is 11.1. The topological polar surface area (TPSA) is 16.1 Å². The first-order valence-corrected chi connectivity index (χ1v) is 16.4. The third-order valence-corrected chi connectivity index (χ3v) is 8.81. The van der Waals surface area contributed by atoms with E-state index in [-0.39, 0.29) is 0 Å². The average molecular weight is 673 g/mol. The van der Waals surface area contributed by atoms with Gasteiger partial charge in [-0.3, -0.25) is 0 Å². The zero-order valence-electron chi connectivity index (χ0n) is 27.1. The van der Waals surface area contributed by atoms with E-state index in [1.165, 1.54) is 24.3 Å². The minimum atomic E-state index is -0.678. The van der Waals surface area contributed by atoms with Crippen molar-refractivity contribution in [2.24, 2.45) is 0 Å². The van der Waals surface area contributed by atoms with Crippen molar-refractivity contribution in [3.05, 3.63) is 193 Å². The number of fused-ring (bicyclic) bond motifs is 1. The summed E-state index contributed by atoms with van der Waals surface area (Å²) in [7, 11) is 0. The summed E-state index contributed by atoms with van der Waals surface area (Å²) in [5, 5.41) is 0.912. The highest BCUT2D eigenvalue weighted by Crippen LogP contribution is 2.43. The lowest BCUT2D eigenvalue weighted by atomic mass is 9.97. The molecule has 0 amide bonds. The van der Waals surface area contributed by atoms with Crippen LogP contribution >= 0.6 is 0 Å². The standard InChI is InChI=1S/C45H28F4N2/c46-35-20-33(21-36(47)26-35)31-14-7-16-39(24-31)51(40-17-8-15-32(25-40)34-22-37(48)27-38(49)23-34)44-19-9-18-41-42(29-10-3-1-4-11-29)28-43(50-45(41)44)30-12-5-2-6-13-30/h1-28H. The number of pyridine rings is 1. The maximum Gasteiger partial charge on any atom is 0.126 e. The minimum absolute atomic E-state index is 0.382. The van der Waals surface area contributed by atoms with Crippen molar-refractivity contribution in [1.82, 2.24) is 4.98 Å². The second kappa shape index (κ2) is 13.4. The van der Waals surface area contributed by atoms with Gasteiger partial charge in [-0.1, -0.05) is 97.1 Å². The number of hydrogen-bond acceptors (Lipinski definition) is 2. The molecule has 1 heterocycles. The molecule has 0 radical (unpaired) electrons. The lowest BCUT2D eigenvalue weighted by Gasteiger charge is -2.28. The van der Waals surface area contributed by atoms with Crippen molar-refractivity contribution in [2.75, 3.05) is 4.90 Å². The Morgan fingerprint density at radius 3 is 1.37 bits per heavy atom. The second-order valence-electron chi connectivity index (χ2n) is 12.2. The van der Waals surface area contributed by atoms with Gasteiger partial charge in [0.1, 0.15) is 23.3 Å². The SMILES string of the molecule is Fc1cc(F)cc(-c2cccc(N(c3cccc(-c4cc(F)cc(F)c4)c3)c3cccc4c(-c5ccccc5)cc(-c5ccccc5)nc34)c2)c1. The van der Waals surface area contributed by atoms with Crippen LogP contribution < -0.4 is 4.90 Å². The number of hydrogen-bond donors (Lipinski definition) is 0. The molecule has 2 nitrogen and oxygen atoms in total. The Bertz CT molecular complexity index is 2400. The van der Waals surface area contributed by atoms with Gasteiger partial charge >= 0.3 is 0 Å². The van der Waals surface area contributed by atoms with Crippen LogP contribution in [-0.4, -0.2) is 4.98 Å². The predicted molar refractivity (Wildman–Crippen MR) is 198 cm³/mol. The number of aromatic nitrogens is 1. The monoisotopic (exact) mass is 672 g/mol. The summed E-state index contributed by atoms with van der Waals surface area (Å²) in [5.74, 6) is -2.71. The van der Waals surface area contributed by atoms with Crippen LogP contribution in [0.3, 0.4) is 0 Å². The molecule has 0 N–H and O–H groups in total. The number of rotatable bonds is 7. The maximum absolute atomic E-state index is 14.4. The Labute approximate surface area is 292 Å². The third kappa shape index (κ3) is 6.47. The molecule has 0 spiro atoms. The van der Waals surface area contributed by atoms with Crippen molar-refractivity contribution in [1.29, 1.82) is 0 Å². The van der Waals surface area contributed by atoms with E-state index >= 15 is 0 Å². The van der Waals surface area contributed by atoms with Crippen LogP contribution in [0.4, 0.5) is 34.6 Å². The van der Waals surface area contributed by atoms with Gasteiger partial charge in [0.15, 0.2) is 0 Å². The maximum atomic E-state index is 14.4. The Morgan fingerprint density at radius 2 is 0.843 bits per heavy atom. The molecular formula is C45H28F4N2. The highest BCUT2D eigenvalue weighted by molar-refractivity contribution is 6.05. The van der Waals surface area contributed by atoms with Crippen molar-refractivity contribution in [2.45, 2.75) is 0 Å². The van der Waals surface area contributed by atoms with E-state index in [4.69, 9.17) is 4.98 Å². The van der Waals surface area contributed by atoms with Crippen LogP contribution in [0.15, 0.2) is 170 Å². The fraction of sp³-hybridized carbons (Fsp3) is 0. The van der Waals surface area contributed by atoms with E-state index in [0.717, 1.165) is 45.6 Å². The van der Waals surface area contributed by atoms with E-state index in [1.54, 1.807) is 12.1 Å². The summed E-state index contributed by atoms with van der Waals surface area (Å²) >= 11 is 0. The number of nitrogens with zero attached hydrogens (tertiary/aromatic N) is 2. The molecule has 0 bridgehead atoms. The molecule has 6 heteroatoms.